The van der Waals surface area contributed by atoms with Crippen LogP contribution in [0.25, 0.3) is 0 Å². The van der Waals surface area contributed by atoms with Gasteiger partial charge in [-0.05, 0) is 31.9 Å². The van der Waals surface area contributed by atoms with Gasteiger partial charge in [-0.1, -0.05) is 12.1 Å². The molecule has 0 saturated carbocycles. The molecule has 0 amide bonds. The third kappa shape index (κ3) is 3.02. The van der Waals surface area contributed by atoms with Crippen molar-refractivity contribution in [3.63, 3.8) is 0 Å². The van der Waals surface area contributed by atoms with Crippen LogP contribution < -0.4 is 0 Å². The van der Waals surface area contributed by atoms with E-state index >= 15 is 0 Å². The summed E-state index contributed by atoms with van der Waals surface area (Å²) in [4.78, 5) is 11.4. The highest BCUT2D eigenvalue weighted by atomic mass is 32.2. The quantitative estimate of drug-likeness (QED) is 0.841. The predicted octanol–water partition coefficient (Wildman–Crippen LogP) is 1.03. The molecule has 1 aliphatic rings. The molecular formula is C13H17NO4S. The largest absolute Gasteiger partial charge is 0.393 e. The number of Topliss-reactive ketones (excluding diaryl/α,β-unsaturated/α-hetero) is 1. The van der Waals surface area contributed by atoms with Gasteiger partial charge < -0.3 is 5.11 Å². The zero-order chi connectivity index (χ0) is 14.0. The Bertz CT molecular complexity index is 574. The van der Waals surface area contributed by atoms with Crippen LogP contribution in [0.5, 0.6) is 0 Å². The molecule has 2 rings (SSSR count). The van der Waals surface area contributed by atoms with Gasteiger partial charge in [0.05, 0.1) is 11.0 Å². The maximum atomic E-state index is 12.4. The standard InChI is InChI=1S/C13H17NO4S/c1-10(15)11-3-2-4-13(9-11)19(17,18)14-7-5-12(16)6-8-14/h2-4,9,12,16H,5-8H2,1H3. The van der Waals surface area contributed by atoms with E-state index < -0.39 is 16.1 Å². The van der Waals surface area contributed by atoms with Gasteiger partial charge >= 0.3 is 0 Å². The van der Waals surface area contributed by atoms with Crippen molar-refractivity contribution in [2.75, 3.05) is 13.1 Å². The number of hydrogen-bond acceptors (Lipinski definition) is 4. The van der Waals surface area contributed by atoms with Crippen molar-refractivity contribution < 1.29 is 18.3 Å². The molecular weight excluding hydrogens is 266 g/mol. The van der Waals surface area contributed by atoms with Gasteiger partial charge in [0.25, 0.3) is 0 Å². The molecule has 104 valence electrons. The first-order valence-corrected chi connectivity index (χ1v) is 7.64. The van der Waals surface area contributed by atoms with E-state index in [1.807, 2.05) is 0 Å². The van der Waals surface area contributed by atoms with E-state index in [9.17, 15) is 18.3 Å². The Morgan fingerprint density at radius 3 is 2.53 bits per heavy atom. The summed E-state index contributed by atoms with van der Waals surface area (Å²) in [5.74, 6) is -0.161. The highest BCUT2D eigenvalue weighted by Gasteiger charge is 2.28. The number of rotatable bonds is 3. The van der Waals surface area contributed by atoms with Crippen molar-refractivity contribution in [2.24, 2.45) is 0 Å². The van der Waals surface area contributed by atoms with E-state index in [0.29, 0.717) is 31.5 Å². The van der Waals surface area contributed by atoms with Crippen LogP contribution in [0.4, 0.5) is 0 Å². The number of ketones is 1. The Labute approximate surface area is 112 Å². The molecule has 5 nitrogen and oxygen atoms in total. The van der Waals surface area contributed by atoms with E-state index in [4.69, 9.17) is 0 Å². The average molecular weight is 283 g/mol. The minimum atomic E-state index is -3.57. The summed E-state index contributed by atoms with van der Waals surface area (Å²) in [6, 6.07) is 6.07. The molecule has 1 aromatic carbocycles. The second-order valence-electron chi connectivity index (χ2n) is 4.72. The molecule has 1 N–H and O–H groups in total. The van der Waals surface area contributed by atoms with E-state index in [0.717, 1.165) is 0 Å². The smallest absolute Gasteiger partial charge is 0.243 e. The molecule has 1 fully saturated rings. The molecule has 0 unspecified atom stereocenters. The topological polar surface area (TPSA) is 74.7 Å². The summed E-state index contributed by atoms with van der Waals surface area (Å²) in [5, 5.41) is 9.41. The Kier molecular flexibility index (Phi) is 4.03. The normalized spacial score (nSPS) is 18.4. The van der Waals surface area contributed by atoms with Gasteiger partial charge in [0.1, 0.15) is 0 Å². The van der Waals surface area contributed by atoms with Crippen LogP contribution in [0.2, 0.25) is 0 Å². The zero-order valence-electron chi connectivity index (χ0n) is 10.7. The fourth-order valence-corrected chi connectivity index (χ4v) is 3.62. The SMILES string of the molecule is CC(=O)c1cccc(S(=O)(=O)N2CCC(O)CC2)c1. The molecule has 0 radical (unpaired) electrons. The molecule has 1 heterocycles. The Hall–Kier alpha value is -1.24. The van der Waals surface area contributed by atoms with Crippen LogP contribution in [0.1, 0.15) is 30.1 Å². The molecule has 19 heavy (non-hydrogen) atoms. The first-order chi connectivity index (χ1) is 8.91. The van der Waals surface area contributed by atoms with Gasteiger partial charge in [-0.15, -0.1) is 0 Å². The molecule has 0 spiro atoms. The minimum absolute atomic E-state index is 0.136. The van der Waals surface area contributed by atoms with Crippen LogP contribution in [-0.2, 0) is 10.0 Å². The number of benzene rings is 1. The molecule has 1 aliphatic heterocycles. The van der Waals surface area contributed by atoms with E-state index in [-0.39, 0.29) is 10.7 Å². The minimum Gasteiger partial charge on any atom is -0.393 e. The zero-order valence-corrected chi connectivity index (χ0v) is 11.6. The van der Waals surface area contributed by atoms with Gasteiger partial charge in [-0.25, -0.2) is 8.42 Å². The van der Waals surface area contributed by atoms with Crippen molar-refractivity contribution in [1.29, 1.82) is 0 Å². The van der Waals surface area contributed by atoms with E-state index in [2.05, 4.69) is 0 Å². The second-order valence-corrected chi connectivity index (χ2v) is 6.66. The molecule has 1 saturated heterocycles. The van der Waals surface area contributed by atoms with Crippen LogP contribution in [0, 0.1) is 0 Å². The molecule has 6 heteroatoms. The van der Waals surface area contributed by atoms with Crippen molar-refractivity contribution in [3.05, 3.63) is 29.8 Å². The number of carbonyl (C=O) groups excluding carboxylic acids is 1. The number of aliphatic hydroxyl groups excluding tert-OH is 1. The Morgan fingerprint density at radius 1 is 1.32 bits per heavy atom. The van der Waals surface area contributed by atoms with Gasteiger partial charge in [0.2, 0.25) is 10.0 Å². The van der Waals surface area contributed by atoms with Gasteiger partial charge in [-0.2, -0.15) is 4.31 Å². The summed E-state index contributed by atoms with van der Waals surface area (Å²) in [7, 11) is -3.57. The number of sulfonamides is 1. The van der Waals surface area contributed by atoms with Gasteiger partial charge in [-0.3, -0.25) is 4.79 Å². The van der Waals surface area contributed by atoms with Crippen molar-refractivity contribution in [2.45, 2.75) is 30.8 Å². The lowest BCUT2D eigenvalue weighted by Crippen LogP contribution is -2.40. The highest BCUT2D eigenvalue weighted by molar-refractivity contribution is 7.89. The van der Waals surface area contributed by atoms with Crippen LogP contribution in [-0.4, -0.2) is 42.8 Å². The predicted molar refractivity (Wildman–Crippen MR) is 70.4 cm³/mol. The lowest BCUT2D eigenvalue weighted by atomic mass is 10.1. The molecule has 0 bridgehead atoms. The fraction of sp³-hybridized carbons (Fsp3) is 0.462. The lowest BCUT2D eigenvalue weighted by molar-refractivity contribution is 0.101. The molecule has 0 atom stereocenters. The first kappa shape index (κ1) is 14.2. The average Bonchev–Trinajstić information content (AvgIpc) is 2.39. The summed E-state index contributed by atoms with van der Waals surface area (Å²) >= 11 is 0. The maximum Gasteiger partial charge on any atom is 0.243 e. The monoisotopic (exact) mass is 283 g/mol. The number of hydrogen-bond donors (Lipinski definition) is 1. The summed E-state index contributed by atoms with van der Waals surface area (Å²) in [5.41, 5.74) is 0.387. The Balaban J connectivity index is 2.29. The highest BCUT2D eigenvalue weighted by Crippen LogP contribution is 2.21. The fourth-order valence-electron chi connectivity index (χ4n) is 2.11. The summed E-state index contributed by atoms with van der Waals surface area (Å²) in [6.45, 7) is 2.03. The number of aliphatic hydroxyl groups is 1. The third-order valence-corrected chi connectivity index (χ3v) is 5.20. The van der Waals surface area contributed by atoms with Crippen molar-refractivity contribution in [3.8, 4) is 0 Å². The summed E-state index contributed by atoms with van der Waals surface area (Å²) in [6.07, 6.45) is 0.479. The number of carbonyl (C=O) groups is 1. The van der Waals surface area contributed by atoms with Crippen LogP contribution in [0.3, 0.4) is 0 Å². The Morgan fingerprint density at radius 2 is 1.95 bits per heavy atom. The van der Waals surface area contributed by atoms with E-state index in [1.165, 1.54) is 23.4 Å². The maximum absolute atomic E-state index is 12.4. The number of nitrogens with zero attached hydrogens (tertiary/aromatic N) is 1. The van der Waals surface area contributed by atoms with Gasteiger partial charge in [0, 0.05) is 18.7 Å². The molecule has 1 aromatic rings. The van der Waals surface area contributed by atoms with Crippen LogP contribution in [0.15, 0.2) is 29.2 Å². The van der Waals surface area contributed by atoms with Crippen molar-refractivity contribution >= 4 is 15.8 Å². The molecule has 0 aromatic heterocycles. The first-order valence-electron chi connectivity index (χ1n) is 6.20. The van der Waals surface area contributed by atoms with Crippen LogP contribution >= 0.6 is 0 Å². The molecule has 0 aliphatic carbocycles. The van der Waals surface area contributed by atoms with Gasteiger partial charge in [0.15, 0.2) is 5.78 Å². The van der Waals surface area contributed by atoms with Crippen molar-refractivity contribution in [1.82, 2.24) is 4.31 Å². The summed E-state index contributed by atoms with van der Waals surface area (Å²) < 4.78 is 26.2. The third-order valence-electron chi connectivity index (χ3n) is 3.30. The van der Waals surface area contributed by atoms with E-state index in [1.54, 1.807) is 12.1 Å². The second kappa shape index (κ2) is 5.40. The lowest BCUT2D eigenvalue weighted by Gasteiger charge is -2.28. The number of piperidine rings is 1.